The highest BCUT2D eigenvalue weighted by molar-refractivity contribution is 5.98. The zero-order valence-electron chi connectivity index (χ0n) is 16.9. The number of ether oxygens (including phenoxy) is 1. The van der Waals surface area contributed by atoms with Gasteiger partial charge in [0.2, 0.25) is 0 Å². The van der Waals surface area contributed by atoms with Crippen LogP contribution in [-0.2, 0) is 11.3 Å². The van der Waals surface area contributed by atoms with E-state index in [4.69, 9.17) is 15.6 Å². The standard InChI is InChI=1S/C21H26FN7O/c22-17-10-14(12-28-6-8-30-9-7-28)3-4-16(17)19-18-20(23)25-13-26-21(18)29(27-19)15-2-1-5-24-11-15/h3-4,10,13,15,24H,1-2,5-9,11-12H2,(H2,23,25,26)/t15-/m1/s1. The Morgan fingerprint density at radius 1 is 1.23 bits per heavy atom. The van der Waals surface area contributed by atoms with Gasteiger partial charge in [0.1, 0.15) is 23.7 Å². The van der Waals surface area contributed by atoms with Gasteiger partial charge in [-0.3, -0.25) is 4.90 Å². The third kappa shape index (κ3) is 3.64. The first-order valence-electron chi connectivity index (χ1n) is 10.5. The van der Waals surface area contributed by atoms with Gasteiger partial charge in [-0.05, 0) is 37.1 Å². The van der Waals surface area contributed by atoms with Crippen molar-refractivity contribution in [3.05, 3.63) is 35.9 Å². The molecule has 1 atom stereocenters. The molecule has 9 heteroatoms. The number of morpholine rings is 1. The summed E-state index contributed by atoms with van der Waals surface area (Å²) in [5, 5.41) is 8.79. The molecule has 0 saturated carbocycles. The van der Waals surface area contributed by atoms with Crippen LogP contribution in [0.3, 0.4) is 0 Å². The molecule has 8 nitrogen and oxygen atoms in total. The second-order valence-electron chi connectivity index (χ2n) is 7.95. The lowest BCUT2D eigenvalue weighted by molar-refractivity contribution is 0.0341. The molecule has 0 radical (unpaired) electrons. The largest absolute Gasteiger partial charge is 0.383 e. The van der Waals surface area contributed by atoms with E-state index in [9.17, 15) is 0 Å². The van der Waals surface area contributed by atoms with Crippen molar-refractivity contribution in [2.45, 2.75) is 25.4 Å². The molecule has 4 heterocycles. The second-order valence-corrected chi connectivity index (χ2v) is 7.95. The molecule has 158 valence electrons. The van der Waals surface area contributed by atoms with Gasteiger partial charge in [-0.2, -0.15) is 5.10 Å². The predicted molar refractivity (Wildman–Crippen MR) is 112 cm³/mol. The molecule has 0 bridgehead atoms. The average molecular weight is 411 g/mol. The van der Waals surface area contributed by atoms with Crippen LogP contribution in [0, 0.1) is 5.82 Å². The fourth-order valence-electron chi connectivity index (χ4n) is 4.35. The minimum absolute atomic E-state index is 0.160. The van der Waals surface area contributed by atoms with Crippen molar-refractivity contribution in [1.82, 2.24) is 30.0 Å². The molecule has 2 fully saturated rings. The van der Waals surface area contributed by atoms with Crippen LogP contribution >= 0.6 is 0 Å². The summed E-state index contributed by atoms with van der Waals surface area (Å²) >= 11 is 0. The van der Waals surface area contributed by atoms with E-state index in [2.05, 4.69) is 20.2 Å². The summed E-state index contributed by atoms with van der Waals surface area (Å²) in [4.78, 5) is 10.8. The zero-order chi connectivity index (χ0) is 20.5. The maximum Gasteiger partial charge on any atom is 0.164 e. The van der Waals surface area contributed by atoms with E-state index < -0.39 is 0 Å². The highest BCUT2D eigenvalue weighted by Crippen LogP contribution is 2.34. The lowest BCUT2D eigenvalue weighted by Crippen LogP contribution is -2.35. The Labute approximate surface area is 174 Å². The van der Waals surface area contributed by atoms with Crippen molar-refractivity contribution in [2.24, 2.45) is 0 Å². The number of rotatable bonds is 4. The summed E-state index contributed by atoms with van der Waals surface area (Å²) < 4.78 is 22.5. The van der Waals surface area contributed by atoms with Crippen LogP contribution in [0.1, 0.15) is 24.4 Å². The highest BCUT2D eigenvalue weighted by atomic mass is 19.1. The zero-order valence-corrected chi connectivity index (χ0v) is 16.9. The van der Waals surface area contributed by atoms with E-state index in [1.807, 2.05) is 10.7 Å². The number of aromatic nitrogens is 4. The fourth-order valence-corrected chi connectivity index (χ4v) is 4.35. The summed E-state index contributed by atoms with van der Waals surface area (Å²) in [5.74, 6) is 0.0131. The molecule has 0 aliphatic carbocycles. The average Bonchev–Trinajstić information content (AvgIpc) is 3.16. The Morgan fingerprint density at radius 2 is 2.10 bits per heavy atom. The molecule has 0 spiro atoms. The van der Waals surface area contributed by atoms with Gasteiger partial charge in [0.05, 0.1) is 24.6 Å². The summed E-state index contributed by atoms with van der Waals surface area (Å²) in [7, 11) is 0. The number of hydrogen-bond acceptors (Lipinski definition) is 7. The van der Waals surface area contributed by atoms with Gasteiger partial charge in [0.25, 0.3) is 0 Å². The number of nitrogens with zero attached hydrogens (tertiary/aromatic N) is 5. The number of nitrogen functional groups attached to an aromatic ring is 1. The van der Waals surface area contributed by atoms with E-state index in [-0.39, 0.29) is 11.9 Å². The van der Waals surface area contributed by atoms with Crippen LogP contribution in [0.4, 0.5) is 10.2 Å². The van der Waals surface area contributed by atoms with Crippen LogP contribution in [0.5, 0.6) is 0 Å². The van der Waals surface area contributed by atoms with Gasteiger partial charge >= 0.3 is 0 Å². The van der Waals surface area contributed by atoms with Crippen LogP contribution in [-0.4, -0.2) is 64.0 Å². The number of nitrogens with one attached hydrogen (secondary N) is 1. The van der Waals surface area contributed by atoms with Crippen molar-refractivity contribution in [3.63, 3.8) is 0 Å². The Hall–Kier alpha value is -2.62. The summed E-state index contributed by atoms with van der Waals surface area (Å²) in [6, 6.07) is 5.51. The maximum atomic E-state index is 15.2. The molecule has 0 unspecified atom stereocenters. The molecular weight excluding hydrogens is 385 g/mol. The number of piperidine rings is 1. The Morgan fingerprint density at radius 3 is 2.87 bits per heavy atom. The lowest BCUT2D eigenvalue weighted by Gasteiger charge is -2.26. The predicted octanol–water partition coefficient (Wildman–Crippen LogP) is 1.97. The van der Waals surface area contributed by atoms with Crippen molar-refractivity contribution in [2.75, 3.05) is 45.1 Å². The van der Waals surface area contributed by atoms with E-state index in [1.54, 1.807) is 12.1 Å². The summed E-state index contributed by atoms with van der Waals surface area (Å²) in [5.41, 5.74) is 8.70. The van der Waals surface area contributed by atoms with Crippen LogP contribution in [0.2, 0.25) is 0 Å². The SMILES string of the molecule is Nc1ncnc2c1c(-c1ccc(CN3CCOCC3)cc1F)nn2[C@@H]1CCCNC1. The van der Waals surface area contributed by atoms with Gasteiger partial charge in [0, 0.05) is 31.7 Å². The number of hydrogen-bond donors (Lipinski definition) is 2. The minimum atomic E-state index is -0.308. The second kappa shape index (κ2) is 8.25. The van der Waals surface area contributed by atoms with Crippen LogP contribution in [0.25, 0.3) is 22.3 Å². The molecule has 2 aliphatic heterocycles. The van der Waals surface area contributed by atoms with Crippen LogP contribution in [0.15, 0.2) is 24.5 Å². The molecule has 0 amide bonds. The maximum absolute atomic E-state index is 15.2. The van der Waals surface area contributed by atoms with Gasteiger partial charge in [-0.15, -0.1) is 0 Å². The molecule has 2 aromatic heterocycles. The highest BCUT2D eigenvalue weighted by Gasteiger charge is 2.25. The first-order chi connectivity index (χ1) is 14.7. The quantitative estimate of drug-likeness (QED) is 0.678. The molecule has 2 aliphatic rings. The molecule has 1 aromatic carbocycles. The smallest absolute Gasteiger partial charge is 0.164 e. The van der Waals surface area contributed by atoms with E-state index in [1.165, 1.54) is 6.33 Å². The molecular formula is C21H26FN7O. The first kappa shape index (κ1) is 19.3. The molecule has 5 rings (SSSR count). The number of halogens is 1. The number of nitrogens with two attached hydrogens (primary N) is 1. The van der Waals surface area contributed by atoms with Crippen molar-refractivity contribution >= 4 is 16.9 Å². The Bertz CT molecular complexity index is 1040. The fraction of sp³-hybridized carbons (Fsp3) is 0.476. The van der Waals surface area contributed by atoms with Crippen molar-refractivity contribution in [1.29, 1.82) is 0 Å². The number of anilines is 1. The summed E-state index contributed by atoms with van der Waals surface area (Å²) in [6.45, 7) is 5.68. The van der Waals surface area contributed by atoms with Gasteiger partial charge in [-0.25, -0.2) is 19.0 Å². The third-order valence-corrected chi connectivity index (χ3v) is 5.93. The van der Waals surface area contributed by atoms with Crippen molar-refractivity contribution < 1.29 is 9.13 Å². The molecule has 3 aromatic rings. The Balaban J connectivity index is 1.52. The topological polar surface area (TPSA) is 94.1 Å². The molecule has 30 heavy (non-hydrogen) atoms. The monoisotopic (exact) mass is 411 g/mol. The van der Waals surface area contributed by atoms with Crippen LogP contribution < -0.4 is 11.1 Å². The normalized spacial score (nSPS) is 20.6. The van der Waals surface area contributed by atoms with Gasteiger partial charge in [-0.1, -0.05) is 6.07 Å². The Kier molecular flexibility index (Phi) is 5.32. The molecule has 3 N–H and O–H groups in total. The van der Waals surface area contributed by atoms with Crippen molar-refractivity contribution in [3.8, 4) is 11.3 Å². The first-order valence-corrected chi connectivity index (χ1v) is 10.5. The van der Waals surface area contributed by atoms with E-state index >= 15 is 4.39 Å². The third-order valence-electron chi connectivity index (χ3n) is 5.93. The number of fused-ring (bicyclic) bond motifs is 1. The summed E-state index contributed by atoms with van der Waals surface area (Å²) in [6.07, 6.45) is 3.50. The van der Waals surface area contributed by atoms with E-state index in [0.29, 0.717) is 34.7 Å². The lowest BCUT2D eigenvalue weighted by atomic mass is 10.1. The number of benzene rings is 1. The van der Waals surface area contributed by atoms with Gasteiger partial charge in [0.15, 0.2) is 5.65 Å². The molecule has 2 saturated heterocycles. The van der Waals surface area contributed by atoms with Gasteiger partial charge < -0.3 is 15.8 Å². The van der Waals surface area contributed by atoms with E-state index in [0.717, 1.165) is 57.8 Å². The minimum Gasteiger partial charge on any atom is -0.383 e.